The molecule has 0 atom stereocenters. The van der Waals surface area contributed by atoms with Crippen molar-refractivity contribution >= 4 is 11.6 Å². The maximum absolute atomic E-state index is 12.6. The van der Waals surface area contributed by atoms with Crippen molar-refractivity contribution < 1.29 is 18.0 Å². The van der Waals surface area contributed by atoms with Crippen LogP contribution in [0.4, 0.5) is 18.9 Å². The molecule has 0 spiro atoms. The van der Waals surface area contributed by atoms with Crippen molar-refractivity contribution in [3.8, 4) is 0 Å². The van der Waals surface area contributed by atoms with Crippen LogP contribution in [0.3, 0.4) is 0 Å². The number of alkyl halides is 3. The lowest BCUT2D eigenvalue weighted by Crippen LogP contribution is -2.43. The molecule has 21 heavy (non-hydrogen) atoms. The molecule has 0 saturated carbocycles. The molecule has 0 bridgehead atoms. The molecular weight excluding hydrogens is 281 g/mol. The van der Waals surface area contributed by atoms with Crippen LogP contribution in [-0.4, -0.2) is 35.6 Å². The summed E-state index contributed by atoms with van der Waals surface area (Å²) in [6, 6.07) is 6.16. The second-order valence-corrected chi connectivity index (χ2v) is 5.49. The maximum atomic E-state index is 12.6. The van der Waals surface area contributed by atoms with E-state index in [0.717, 1.165) is 4.90 Å². The zero-order valence-electron chi connectivity index (χ0n) is 12.7. The van der Waals surface area contributed by atoms with Gasteiger partial charge in [0.25, 0.3) is 5.91 Å². The molecule has 0 radical (unpaired) electrons. The van der Waals surface area contributed by atoms with Crippen LogP contribution in [0.15, 0.2) is 24.3 Å². The highest BCUT2D eigenvalue weighted by molar-refractivity contribution is 5.99. The molecule has 1 rings (SSSR count). The highest BCUT2D eigenvalue weighted by Gasteiger charge is 2.35. The van der Waals surface area contributed by atoms with Gasteiger partial charge in [0, 0.05) is 17.8 Å². The van der Waals surface area contributed by atoms with E-state index in [1.807, 2.05) is 13.8 Å². The van der Waals surface area contributed by atoms with Crippen molar-refractivity contribution in [2.75, 3.05) is 11.9 Å². The highest BCUT2D eigenvalue weighted by Crippen LogP contribution is 2.23. The van der Waals surface area contributed by atoms with E-state index in [0.29, 0.717) is 5.69 Å². The van der Waals surface area contributed by atoms with Gasteiger partial charge in [-0.2, -0.15) is 13.2 Å². The van der Waals surface area contributed by atoms with Crippen LogP contribution in [0.1, 0.15) is 38.1 Å². The zero-order valence-corrected chi connectivity index (χ0v) is 12.7. The lowest BCUT2D eigenvalue weighted by molar-refractivity contribution is -0.143. The van der Waals surface area contributed by atoms with Crippen molar-refractivity contribution in [3.05, 3.63) is 29.8 Å². The number of nitrogens with one attached hydrogen (secondary N) is 1. The molecule has 1 amide bonds. The molecule has 118 valence electrons. The summed E-state index contributed by atoms with van der Waals surface area (Å²) < 4.78 is 37.9. The number of halogens is 3. The van der Waals surface area contributed by atoms with Gasteiger partial charge < -0.3 is 10.2 Å². The number of rotatable bonds is 5. The van der Waals surface area contributed by atoms with Crippen LogP contribution < -0.4 is 5.32 Å². The second-order valence-electron chi connectivity index (χ2n) is 5.49. The average molecular weight is 302 g/mol. The van der Waals surface area contributed by atoms with Crippen LogP contribution in [-0.2, 0) is 0 Å². The average Bonchev–Trinajstić information content (AvgIpc) is 2.34. The minimum absolute atomic E-state index is 0.0778. The minimum Gasteiger partial charge on any atom is -0.382 e. The number of carbonyl (C=O) groups is 1. The van der Waals surface area contributed by atoms with Gasteiger partial charge in [0.05, 0.1) is 5.56 Å². The molecule has 0 aliphatic rings. The van der Waals surface area contributed by atoms with E-state index >= 15 is 0 Å². The molecule has 0 aliphatic carbocycles. The van der Waals surface area contributed by atoms with Gasteiger partial charge in [-0.3, -0.25) is 4.79 Å². The van der Waals surface area contributed by atoms with E-state index in [2.05, 4.69) is 5.32 Å². The lowest BCUT2D eigenvalue weighted by atomic mass is 10.1. The van der Waals surface area contributed by atoms with Gasteiger partial charge in [0.1, 0.15) is 6.54 Å². The van der Waals surface area contributed by atoms with Crippen LogP contribution in [0.2, 0.25) is 0 Å². The molecule has 0 unspecified atom stereocenters. The number of anilines is 1. The third-order valence-corrected chi connectivity index (χ3v) is 2.84. The number of nitrogens with zero attached hydrogens (tertiary/aromatic N) is 1. The maximum Gasteiger partial charge on any atom is 0.406 e. The predicted octanol–water partition coefficient (Wildman–Crippen LogP) is 3.92. The summed E-state index contributed by atoms with van der Waals surface area (Å²) in [5.41, 5.74) is 0.800. The monoisotopic (exact) mass is 302 g/mol. The summed E-state index contributed by atoms with van der Waals surface area (Å²) in [7, 11) is 0. The first kappa shape index (κ1) is 17.3. The van der Waals surface area contributed by atoms with Crippen molar-refractivity contribution in [2.24, 2.45) is 0 Å². The topological polar surface area (TPSA) is 32.3 Å². The third-order valence-electron chi connectivity index (χ3n) is 2.84. The van der Waals surface area contributed by atoms with Crippen LogP contribution in [0.5, 0.6) is 0 Å². The van der Waals surface area contributed by atoms with Crippen molar-refractivity contribution in [1.29, 1.82) is 0 Å². The van der Waals surface area contributed by atoms with E-state index < -0.39 is 24.7 Å². The fourth-order valence-corrected chi connectivity index (χ4v) is 1.94. The van der Waals surface area contributed by atoms with Gasteiger partial charge in [-0.15, -0.1) is 0 Å². The Morgan fingerprint density at radius 3 is 2.24 bits per heavy atom. The predicted molar refractivity (Wildman–Crippen MR) is 77.4 cm³/mol. The standard InChI is InChI=1S/C15H21F3N2O/c1-10(2)19-13-8-6-5-7-12(13)14(21)20(11(3)4)9-15(16,17)18/h5-8,10-11,19H,9H2,1-4H3. The van der Waals surface area contributed by atoms with Gasteiger partial charge >= 0.3 is 6.18 Å². The summed E-state index contributed by atoms with van der Waals surface area (Å²) >= 11 is 0. The number of carbonyl (C=O) groups excluding carboxylic acids is 1. The zero-order chi connectivity index (χ0) is 16.2. The van der Waals surface area contributed by atoms with E-state index in [1.165, 1.54) is 0 Å². The first-order valence-corrected chi connectivity index (χ1v) is 6.85. The molecule has 3 nitrogen and oxygen atoms in total. The fourth-order valence-electron chi connectivity index (χ4n) is 1.94. The van der Waals surface area contributed by atoms with Crippen LogP contribution in [0.25, 0.3) is 0 Å². The number of para-hydroxylation sites is 1. The van der Waals surface area contributed by atoms with Crippen molar-refractivity contribution in [1.82, 2.24) is 4.90 Å². The van der Waals surface area contributed by atoms with Gasteiger partial charge in [0.2, 0.25) is 0 Å². The Hall–Kier alpha value is -1.72. The highest BCUT2D eigenvalue weighted by atomic mass is 19.4. The molecule has 1 N–H and O–H groups in total. The number of amides is 1. The normalized spacial score (nSPS) is 11.9. The Labute approximate surface area is 123 Å². The number of hydrogen-bond donors (Lipinski definition) is 1. The summed E-state index contributed by atoms with van der Waals surface area (Å²) in [5, 5.41) is 3.08. The molecule has 0 aliphatic heterocycles. The van der Waals surface area contributed by atoms with E-state index in [-0.39, 0.29) is 11.6 Å². The van der Waals surface area contributed by atoms with Crippen LogP contribution >= 0.6 is 0 Å². The summed E-state index contributed by atoms with van der Waals surface area (Å²) in [6.45, 7) is 5.69. The molecule has 0 saturated heterocycles. The molecule has 0 heterocycles. The Morgan fingerprint density at radius 1 is 1.19 bits per heavy atom. The van der Waals surface area contributed by atoms with E-state index in [9.17, 15) is 18.0 Å². The largest absolute Gasteiger partial charge is 0.406 e. The quantitative estimate of drug-likeness (QED) is 0.894. The Bertz CT molecular complexity index is 484. The molecular formula is C15H21F3N2O. The lowest BCUT2D eigenvalue weighted by Gasteiger charge is -2.28. The van der Waals surface area contributed by atoms with Crippen LogP contribution in [0, 0.1) is 0 Å². The fraction of sp³-hybridized carbons (Fsp3) is 0.533. The van der Waals surface area contributed by atoms with Crippen molar-refractivity contribution in [3.63, 3.8) is 0 Å². The molecule has 1 aromatic rings. The Morgan fingerprint density at radius 2 is 1.76 bits per heavy atom. The number of benzene rings is 1. The van der Waals surface area contributed by atoms with E-state index in [4.69, 9.17) is 0 Å². The third kappa shape index (κ3) is 5.28. The molecule has 0 aromatic heterocycles. The molecule has 0 fully saturated rings. The first-order valence-electron chi connectivity index (χ1n) is 6.85. The first-order chi connectivity index (χ1) is 9.61. The van der Waals surface area contributed by atoms with Gasteiger partial charge in [-0.1, -0.05) is 12.1 Å². The van der Waals surface area contributed by atoms with Gasteiger partial charge in [0.15, 0.2) is 0 Å². The number of hydrogen-bond acceptors (Lipinski definition) is 2. The van der Waals surface area contributed by atoms with Crippen molar-refractivity contribution in [2.45, 2.75) is 46.0 Å². The second kappa shape index (κ2) is 6.83. The Balaban J connectivity index is 3.09. The SMILES string of the molecule is CC(C)Nc1ccccc1C(=O)N(CC(F)(F)F)C(C)C. The summed E-state index contributed by atoms with van der Waals surface area (Å²) in [4.78, 5) is 13.3. The smallest absolute Gasteiger partial charge is 0.382 e. The minimum atomic E-state index is -4.42. The van der Waals surface area contributed by atoms with E-state index in [1.54, 1.807) is 38.1 Å². The van der Waals surface area contributed by atoms with Gasteiger partial charge in [-0.05, 0) is 39.8 Å². The van der Waals surface area contributed by atoms with Gasteiger partial charge in [-0.25, -0.2) is 0 Å². The summed E-state index contributed by atoms with van der Waals surface area (Å²) in [5.74, 6) is -0.619. The Kier molecular flexibility index (Phi) is 5.63. The summed E-state index contributed by atoms with van der Waals surface area (Å²) in [6.07, 6.45) is -4.42. The molecule has 6 heteroatoms. The molecule has 1 aromatic carbocycles.